The van der Waals surface area contributed by atoms with Crippen LogP contribution < -0.4 is 0 Å². The van der Waals surface area contributed by atoms with E-state index in [0.29, 0.717) is 16.5 Å². The number of likely N-dealkylation sites (tertiary alicyclic amines) is 1. The van der Waals surface area contributed by atoms with Crippen molar-refractivity contribution in [1.82, 2.24) is 9.88 Å². The molecule has 0 spiro atoms. The first-order chi connectivity index (χ1) is 11.6. The minimum absolute atomic E-state index is 0.114. The lowest BCUT2D eigenvalue weighted by atomic mass is 10.0. The molecule has 0 radical (unpaired) electrons. The maximum absolute atomic E-state index is 13.0. The molecule has 0 bridgehead atoms. The number of hydrogen-bond acceptors (Lipinski definition) is 2. The van der Waals surface area contributed by atoms with Crippen LogP contribution in [0.3, 0.4) is 0 Å². The van der Waals surface area contributed by atoms with Crippen molar-refractivity contribution < 1.29 is 4.79 Å². The van der Waals surface area contributed by atoms with Gasteiger partial charge in [-0.15, -0.1) is 0 Å². The van der Waals surface area contributed by atoms with Gasteiger partial charge in [0.15, 0.2) is 0 Å². The zero-order valence-corrected chi connectivity index (χ0v) is 14.9. The number of aromatic nitrogens is 1. The Labute approximate surface area is 152 Å². The Bertz CT molecular complexity index is 706. The van der Waals surface area contributed by atoms with E-state index in [-0.39, 0.29) is 11.9 Å². The van der Waals surface area contributed by atoms with Crippen LogP contribution in [0.15, 0.2) is 42.7 Å². The molecule has 1 aromatic carbocycles. The van der Waals surface area contributed by atoms with Gasteiger partial charge in [-0.1, -0.05) is 42.1 Å². The van der Waals surface area contributed by atoms with Gasteiger partial charge in [0, 0.05) is 29.0 Å². The molecular formula is C19H20Cl2N2O. The molecular weight excluding hydrogens is 343 g/mol. The summed E-state index contributed by atoms with van der Waals surface area (Å²) in [6.07, 6.45) is 8.22. The summed E-state index contributed by atoms with van der Waals surface area (Å²) in [6, 6.07) is 9.43. The van der Waals surface area contributed by atoms with Crippen molar-refractivity contribution in [2.24, 2.45) is 0 Å². The highest BCUT2D eigenvalue weighted by Crippen LogP contribution is 2.31. The van der Waals surface area contributed by atoms with E-state index in [1.165, 1.54) is 0 Å². The van der Waals surface area contributed by atoms with Crippen LogP contribution in [0.5, 0.6) is 0 Å². The lowest BCUT2D eigenvalue weighted by molar-refractivity contribution is -0.132. The second-order valence-corrected chi connectivity index (χ2v) is 6.99. The van der Waals surface area contributed by atoms with Crippen LogP contribution >= 0.6 is 23.2 Å². The Morgan fingerprint density at radius 1 is 1.12 bits per heavy atom. The van der Waals surface area contributed by atoms with Gasteiger partial charge in [-0.2, -0.15) is 0 Å². The van der Waals surface area contributed by atoms with E-state index in [0.717, 1.165) is 43.4 Å². The Hall–Kier alpha value is -1.58. The van der Waals surface area contributed by atoms with Gasteiger partial charge in [0.2, 0.25) is 5.91 Å². The Balaban J connectivity index is 1.82. The second-order valence-electron chi connectivity index (χ2n) is 6.15. The van der Waals surface area contributed by atoms with Gasteiger partial charge < -0.3 is 4.90 Å². The standard InChI is InChI=1S/C19H20Cl2N2O/c20-16-6-5-15(17(21)13-16)12-19(24)23-11-3-1-2-4-18(23)14-7-9-22-10-8-14/h5-10,13,18H,1-4,11-12H2. The van der Waals surface area contributed by atoms with Crippen molar-refractivity contribution >= 4 is 29.1 Å². The SMILES string of the molecule is O=C(Cc1ccc(Cl)cc1Cl)N1CCCCCC1c1ccncc1. The zero-order chi connectivity index (χ0) is 16.9. The number of benzene rings is 1. The molecule has 2 aromatic rings. The first kappa shape index (κ1) is 17.2. The van der Waals surface area contributed by atoms with Crippen molar-refractivity contribution in [3.63, 3.8) is 0 Å². The molecule has 5 heteroatoms. The summed E-state index contributed by atoms with van der Waals surface area (Å²) in [5.41, 5.74) is 1.98. The second kappa shape index (κ2) is 8.00. The number of nitrogens with zero attached hydrogens (tertiary/aromatic N) is 2. The fourth-order valence-electron chi connectivity index (χ4n) is 3.27. The summed E-state index contributed by atoms with van der Waals surface area (Å²) >= 11 is 12.2. The third-order valence-corrected chi connectivity index (χ3v) is 5.11. The number of pyridine rings is 1. The minimum atomic E-state index is 0.114. The van der Waals surface area contributed by atoms with Crippen molar-refractivity contribution in [3.8, 4) is 0 Å². The normalized spacial score (nSPS) is 18.2. The Kier molecular flexibility index (Phi) is 5.75. The van der Waals surface area contributed by atoms with Crippen LogP contribution in [-0.2, 0) is 11.2 Å². The van der Waals surface area contributed by atoms with E-state index in [2.05, 4.69) is 4.98 Å². The molecule has 0 saturated carbocycles. The topological polar surface area (TPSA) is 33.2 Å². The van der Waals surface area contributed by atoms with Crippen LogP contribution in [0.1, 0.15) is 42.9 Å². The molecule has 3 rings (SSSR count). The smallest absolute Gasteiger partial charge is 0.227 e. The summed E-state index contributed by atoms with van der Waals surface area (Å²) in [5.74, 6) is 0.114. The maximum atomic E-state index is 13.0. The fourth-order valence-corrected chi connectivity index (χ4v) is 3.74. The summed E-state index contributed by atoms with van der Waals surface area (Å²) in [5, 5.41) is 1.13. The van der Waals surface area contributed by atoms with Gasteiger partial charge in [0.1, 0.15) is 0 Å². The lowest BCUT2D eigenvalue weighted by Gasteiger charge is -2.30. The van der Waals surface area contributed by atoms with E-state index in [4.69, 9.17) is 23.2 Å². The summed E-state index contributed by atoms with van der Waals surface area (Å²) < 4.78 is 0. The molecule has 1 aliphatic rings. The van der Waals surface area contributed by atoms with Gasteiger partial charge in [-0.25, -0.2) is 0 Å². The molecule has 24 heavy (non-hydrogen) atoms. The van der Waals surface area contributed by atoms with Crippen LogP contribution in [0.4, 0.5) is 0 Å². The molecule has 1 atom stereocenters. The first-order valence-corrected chi connectivity index (χ1v) is 9.04. The van der Waals surface area contributed by atoms with Crippen LogP contribution in [0.2, 0.25) is 10.0 Å². The van der Waals surface area contributed by atoms with E-state index in [1.54, 1.807) is 24.5 Å². The predicted molar refractivity (Wildman–Crippen MR) is 97.3 cm³/mol. The maximum Gasteiger partial charge on any atom is 0.227 e. The number of amides is 1. The molecule has 1 fully saturated rings. The fraction of sp³-hybridized carbons (Fsp3) is 0.368. The van der Waals surface area contributed by atoms with E-state index in [9.17, 15) is 4.79 Å². The zero-order valence-electron chi connectivity index (χ0n) is 13.4. The molecule has 2 heterocycles. The third-order valence-electron chi connectivity index (χ3n) is 4.52. The van der Waals surface area contributed by atoms with Gasteiger partial charge in [0.05, 0.1) is 12.5 Å². The van der Waals surface area contributed by atoms with Gasteiger partial charge in [-0.05, 0) is 48.2 Å². The summed E-state index contributed by atoms with van der Waals surface area (Å²) in [6.45, 7) is 0.789. The molecule has 126 valence electrons. The van der Waals surface area contributed by atoms with Crippen LogP contribution in [0.25, 0.3) is 0 Å². The Morgan fingerprint density at radius 2 is 1.92 bits per heavy atom. The van der Waals surface area contributed by atoms with Crippen LogP contribution in [-0.4, -0.2) is 22.3 Å². The van der Waals surface area contributed by atoms with Crippen molar-refractivity contribution in [1.29, 1.82) is 0 Å². The number of carbonyl (C=O) groups excluding carboxylic acids is 1. The number of hydrogen-bond donors (Lipinski definition) is 0. The quantitative estimate of drug-likeness (QED) is 0.762. The number of carbonyl (C=O) groups is 1. The van der Waals surface area contributed by atoms with Gasteiger partial charge >= 0.3 is 0 Å². The average Bonchev–Trinajstić information content (AvgIpc) is 2.84. The molecule has 0 N–H and O–H groups in total. The number of rotatable bonds is 3. The first-order valence-electron chi connectivity index (χ1n) is 8.28. The Morgan fingerprint density at radius 3 is 2.67 bits per heavy atom. The highest BCUT2D eigenvalue weighted by atomic mass is 35.5. The van der Waals surface area contributed by atoms with E-state index in [1.807, 2.05) is 23.1 Å². The monoisotopic (exact) mass is 362 g/mol. The average molecular weight is 363 g/mol. The molecule has 1 saturated heterocycles. The molecule has 1 unspecified atom stereocenters. The number of halogens is 2. The van der Waals surface area contributed by atoms with E-state index < -0.39 is 0 Å². The molecule has 0 aliphatic carbocycles. The highest BCUT2D eigenvalue weighted by Gasteiger charge is 2.27. The summed E-state index contributed by atoms with van der Waals surface area (Å²) in [4.78, 5) is 19.1. The van der Waals surface area contributed by atoms with Gasteiger partial charge in [-0.3, -0.25) is 9.78 Å². The van der Waals surface area contributed by atoms with E-state index >= 15 is 0 Å². The van der Waals surface area contributed by atoms with Crippen molar-refractivity contribution in [2.75, 3.05) is 6.54 Å². The molecule has 3 nitrogen and oxygen atoms in total. The summed E-state index contributed by atoms with van der Waals surface area (Å²) in [7, 11) is 0. The molecule has 1 aromatic heterocycles. The largest absolute Gasteiger partial charge is 0.335 e. The highest BCUT2D eigenvalue weighted by molar-refractivity contribution is 6.35. The van der Waals surface area contributed by atoms with Crippen LogP contribution in [0, 0.1) is 0 Å². The van der Waals surface area contributed by atoms with Crippen molar-refractivity contribution in [2.45, 2.75) is 38.1 Å². The molecule has 1 aliphatic heterocycles. The van der Waals surface area contributed by atoms with Gasteiger partial charge in [0.25, 0.3) is 0 Å². The minimum Gasteiger partial charge on any atom is -0.335 e. The predicted octanol–water partition coefficient (Wildman–Crippen LogP) is 5.07. The third kappa shape index (κ3) is 4.08. The lowest BCUT2D eigenvalue weighted by Crippen LogP contribution is -2.36. The molecule has 1 amide bonds. The van der Waals surface area contributed by atoms with Crippen molar-refractivity contribution in [3.05, 3.63) is 63.9 Å².